The van der Waals surface area contributed by atoms with E-state index < -0.39 is 6.10 Å². The van der Waals surface area contributed by atoms with E-state index in [0.29, 0.717) is 28.8 Å². The van der Waals surface area contributed by atoms with Gasteiger partial charge in [0, 0.05) is 31.5 Å². The Bertz CT molecular complexity index is 781. The Morgan fingerprint density at radius 1 is 1.42 bits per heavy atom. The Labute approximate surface area is 153 Å². The van der Waals surface area contributed by atoms with Crippen molar-refractivity contribution in [1.82, 2.24) is 19.5 Å². The van der Waals surface area contributed by atoms with Gasteiger partial charge in [-0.25, -0.2) is 4.98 Å². The highest BCUT2D eigenvalue weighted by Gasteiger charge is 2.57. The molecule has 2 heterocycles. The zero-order valence-electron chi connectivity index (χ0n) is 13.5. The Balaban J connectivity index is 1.80. The van der Waals surface area contributed by atoms with Gasteiger partial charge in [0.2, 0.25) is 5.95 Å². The fraction of sp³-hybridized carbons (Fsp3) is 0.667. The van der Waals surface area contributed by atoms with Crippen LogP contribution in [-0.2, 0) is 0 Å². The number of rotatable bonds is 3. The number of halogens is 1. The lowest BCUT2D eigenvalue weighted by atomic mass is 9.76. The molecule has 2 fully saturated rings. The standard InChI is InChI=1S/C15H21IN6O2/c1-6-11(8-3-7(8)9(4-23)12(6)24)22-5-18-10-13(21(2)16)19-15(17)20-14(10)22/h5-9,11-12,23-24H,3-4H2,1-2H3,(H2,17,19,20)/t6-,7+,8?,9+,11+,12-/m1/s1. The highest BCUT2D eigenvalue weighted by Crippen LogP contribution is 2.59. The van der Waals surface area contributed by atoms with Gasteiger partial charge in [-0.3, -0.25) is 0 Å². The van der Waals surface area contributed by atoms with Crippen LogP contribution in [0.4, 0.5) is 11.8 Å². The van der Waals surface area contributed by atoms with Crippen LogP contribution in [0.2, 0.25) is 0 Å². The molecular formula is C15H21IN6O2. The second-order valence-corrected chi connectivity index (χ2v) is 8.40. The molecule has 0 saturated heterocycles. The lowest BCUT2D eigenvalue weighted by Crippen LogP contribution is -2.41. The molecule has 0 bridgehead atoms. The van der Waals surface area contributed by atoms with E-state index in [0.717, 1.165) is 6.42 Å². The summed E-state index contributed by atoms with van der Waals surface area (Å²) in [6.45, 7) is 2.08. The summed E-state index contributed by atoms with van der Waals surface area (Å²) in [5.74, 6) is 1.70. The van der Waals surface area contributed by atoms with Crippen molar-refractivity contribution in [2.45, 2.75) is 25.5 Å². The Kier molecular flexibility index (Phi) is 3.84. The van der Waals surface area contributed by atoms with Crippen molar-refractivity contribution in [3.63, 3.8) is 0 Å². The van der Waals surface area contributed by atoms with Gasteiger partial charge < -0.3 is 23.6 Å². The van der Waals surface area contributed by atoms with Crippen molar-refractivity contribution in [3.8, 4) is 0 Å². The van der Waals surface area contributed by atoms with E-state index >= 15 is 0 Å². The third kappa shape index (κ3) is 2.28. The lowest BCUT2D eigenvalue weighted by molar-refractivity contribution is -0.0292. The van der Waals surface area contributed by atoms with Crippen molar-refractivity contribution < 1.29 is 10.2 Å². The van der Waals surface area contributed by atoms with E-state index in [-0.39, 0.29) is 30.4 Å². The van der Waals surface area contributed by atoms with Gasteiger partial charge in [-0.2, -0.15) is 9.97 Å². The first-order chi connectivity index (χ1) is 11.4. The normalized spacial score (nSPS) is 35.0. The van der Waals surface area contributed by atoms with Crippen LogP contribution >= 0.6 is 22.9 Å². The quantitative estimate of drug-likeness (QED) is 0.478. The second-order valence-electron chi connectivity index (χ2n) is 6.96. The fourth-order valence-corrected chi connectivity index (χ4v) is 4.75. The first-order valence-corrected chi connectivity index (χ1v) is 9.09. The number of aliphatic hydroxyl groups is 2. The molecule has 9 heteroatoms. The Morgan fingerprint density at radius 3 is 2.83 bits per heavy atom. The third-order valence-electron chi connectivity index (χ3n) is 5.64. The van der Waals surface area contributed by atoms with E-state index in [1.54, 1.807) is 6.33 Å². The van der Waals surface area contributed by atoms with E-state index in [2.05, 4.69) is 37.8 Å². The molecule has 0 aliphatic heterocycles. The minimum absolute atomic E-state index is 0.0141. The van der Waals surface area contributed by atoms with Gasteiger partial charge in [0.25, 0.3) is 0 Å². The van der Waals surface area contributed by atoms with Crippen LogP contribution in [0.1, 0.15) is 19.4 Å². The number of fused-ring (bicyclic) bond motifs is 2. The number of hydrogen-bond acceptors (Lipinski definition) is 7. The number of anilines is 2. The van der Waals surface area contributed by atoms with Crippen LogP contribution in [0, 0.1) is 23.7 Å². The van der Waals surface area contributed by atoms with E-state index in [9.17, 15) is 10.2 Å². The molecule has 24 heavy (non-hydrogen) atoms. The van der Waals surface area contributed by atoms with Crippen molar-refractivity contribution in [1.29, 1.82) is 0 Å². The van der Waals surface area contributed by atoms with Crippen molar-refractivity contribution in [3.05, 3.63) is 6.33 Å². The largest absolute Gasteiger partial charge is 0.396 e. The molecular weight excluding hydrogens is 423 g/mol. The molecule has 8 nitrogen and oxygen atoms in total. The van der Waals surface area contributed by atoms with Gasteiger partial charge in [-0.15, -0.1) is 0 Å². The van der Waals surface area contributed by atoms with E-state index in [4.69, 9.17) is 5.73 Å². The van der Waals surface area contributed by atoms with Gasteiger partial charge >= 0.3 is 0 Å². The molecule has 1 unspecified atom stereocenters. The van der Waals surface area contributed by atoms with Gasteiger partial charge in [-0.05, 0) is 18.3 Å². The van der Waals surface area contributed by atoms with Gasteiger partial charge in [0.05, 0.1) is 35.3 Å². The molecule has 6 atom stereocenters. The summed E-state index contributed by atoms with van der Waals surface area (Å²) in [4.78, 5) is 13.2. The van der Waals surface area contributed by atoms with Gasteiger partial charge in [-0.1, -0.05) is 6.92 Å². The average molecular weight is 444 g/mol. The minimum Gasteiger partial charge on any atom is -0.396 e. The average Bonchev–Trinajstić information content (AvgIpc) is 3.20. The number of nitrogens with two attached hydrogens (primary N) is 1. The van der Waals surface area contributed by atoms with Crippen molar-refractivity contribution in [2.24, 2.45) is 23.7 Å². The predicted molar refractivity (Wildman–Crippen MR) is 98.5 cm³/mol. The highest BCUT2D eigenvalue weighted by molar-refractivity contribution is 14.1. The summed E-state index contributed by atoms with van der Waals surface area (Å²) in [6.07, 6.45) is 2.29. The summed E-state index contributed by atoms with van der Waals surface area (Å²) >= 11 is 2.13. The molecule has 2 saturated carbocycles. The van der Waals surface area contributed by atoms with Crippen molar-refractivity contribution in [2.75, 3.05) is 22.5 Å². The number of imidazole rings is 1. The summed E-state index contributed by atoms with van der Waals surface area (Å²) in [7, 11) is 1.89. The number of hydrogen-bond donors (Lipinski definition) is 3. The minimum atomic E-state index is -0.521. The fourth-order valence-electron chi connectivity index (χ4n) is 4.41. The predicted octanol–water partition coefficient (Wildman–Crippen LogP) is 0.991. The van der Waals surface area contributed by atoms with Crippen LogP contribution < -0.4 is 8.85 Å². The van der Waals surface area contributed by atoms with Gasteiger partial charge in [0.15, 0.2) is 17.0 Å². The van der Waals surface area contributed by atoms with Crippen LogP contribution in [0.25, 0.3) is 11.2 Å². The zero-order valence-corrected chi connectivity index (χ0v) is 15.7. The maximum absolute atomic E-state index is 10.6. The Morgan fingerprint density at radius 2 is 2.17 bits per heavy atom. The molecule has 2 aromatic rings. The van der Waals surface area contributed by atoms with Gasteiger partial charge in [0.1, 0.15) is 0 Å². The molecule has 2 aromatic heterocycles. The highest BCUT2D eigenvalue weighted by atomic mass is 127. The van der Waals surface area contributed by atoms with Crippen molar-refractivity contribution >= 4 is 45.8 Å². The third-order valence-corrected chi connectivity index (χ3v) is 6.10. The molecule has 0 amide bonds. The number of nitrogen functional groups attached to an aromatic ring is 1. The van der Waals surface area contributed by atoms with Crippen LogP contribution in [0.15, 0.2) is 6.33 Å². The molecule has 2 aliphatic rings. The number of aromatic nitrogens is 4. The number of nitrogens with zero attached hydrogens (tertiary/aromatic N) is 5. The maximum Gasteiger partial charge on any atom is 0.224 e. The number of aliphatic hydroxyl groups excluding tert-OH is 2. The monoisotopic (exact) mass is 444 g/mol. The van der Waals surface area contributed by atoms with Crippen LogP contribution in [0.3, 0.4) is 0 Å². The summed E-state index contributed by atoms with van der Waals surface area (Å²) in [5.41, 5.74) is 7.31. The molecule has 4 N–H and O–H groups in total. The smallest absolute Gasteiger partial charge is 0.224 e. The molecule has 0 radical (unpaired) electrons. The molecule has 4 rings (SSSR count). The summed E-state index contributed by atoms with van der Waals surface area (Å²) in [5, 5.41) is 20.2. The molecule has 2 aliphatic carbocycles. The first kappa shape index (κ1) is 16.3. The lowest BCUT2D eigenvalue weighted by Gasteiger charge is -2.38. The maximum atomic E-state index is 10.6. The van der Waals surface area contributed by atoms with E-state index in [1.807, 2.05) is 21.7 Å². The first-order valence-electron chi connectivity index (χ1n) is 8.12. The molecule has 0 aromatic carbocycles. The molecule has 0 spiro atoms. The summed E-state index contributed by atoms with van der Waals surface area (Å²) in [6, 6.07) is 0.111. The SMILES string of the molecule is C[C@H]1[C@@H](O)[C@@H](CO)[C@H]2CC2[C@H]1n1cnc2c(N(C)I)nc(N)nc21. The van der Waals surface area contributed by atoms with Crippen LogP contribution in [0.5, 0.6) is 0 Å². The topological polar surface area (TPSA) is 113 Å². The Hall–Kier alpha value is -1.20. The second kappa shape index (κ2) is 5.67. The van der Waals surface area contributed by atoms with E-state index in [1.165, 1.54) is 0 Å². The summed E-state index contributed by atoms with van der Waals surface area (Å²) < 4.78 is 3.89. The molecule has 130 valence electrons. The van der Waals surface area contributed by atoms with Crippen LogP contribution in [-0.4, -0.2) is 49.5 Å². The zero-order chi connectivity index (χ0) is 17.2.